The van der Waals surface area contributed by atoms with Crippen LogP contribution in [-0.2, 0) is 28.6 Å². The van der Waals surface area contributed by atoms with E-state index in [-0.39, 0.29) is 36.7 Å². The van der Waals surface area contributed by atoms with Crippen LogP contribution in [0.4, 0.5) is 0 Å². The van der Waals surface area contributed by atoms with Gasteiger partial charge in [0, 0.05) is 12.8 Å². The highest BCUT2D eigenvalue weighted by atomic mass is 16.6. The lowest BCUT2D eigenvalue weighted by Gasteiger charge is -2.31. The number of nitrogens with zero attached hydrogens (tertiary/aromatic N) is 1. The summed E-state index contributed by atoms with van der Waals surface area (Å²) >= 11 is 0. The molecule has 2 atom stereocenters. The van der Waals surface area contributed by atoms with Crippen molar-refractivity contribution < 1.29 is 38.2 Å². The molecular weight excluding hydrogens is 594 g/mol. The number of carboxylic acid groups (broad SMARTS) is 1. The standard InChI is InChI=1S/C39H67NO7/c1-6-8-10-12-14-16-17-18-19-20-22-24-26-28-30-38(42)47-35(33-45-32-31-36(39(43)44)40(3,4)5)34-46-37(41)29-27-25-23-21-15-13-11-9-7-2/h9,11,15,19-21,25,27,35-36H,6-8,10,12-14,16-18,22-24,26,28-34H2,1-5H3/p+1/b11-9+,20-19+,21-15+,27-25+. The monoisotopic (exact) mass is 662 g/mol. The van der Waals surface area contributed by atoms with E-state index in [1.54, 1.807) is 6.08 Å². The van der Waals surface area contributed by atoms with Crippen molar-refractivity contribution in [2.75, 3.05) is 41.0 Å². The number of carboxylic acids is 1. The summed E-state index contributed by atoms with van der Waals surface area (Å²) in [7, 11) is 5.48. The van der Waals surface area contributed by atoms with E-state index in [2.05, 4.69) is 50.3 Å². The third-order valence-electron chi connectivity index (χ3n) is 7.75. The second-order valence-corrected chi connectivity index (χ2v) is 13.1. The minimum absolute atomic E-state index is 0.0269. The zero-order valence-electron chi connectivity index (χ0n) is 30.5. The first kappa shape index (κ1) is 44.3. The highest BCUT2D eigenvalue weighted by molar-refractivity contribution is 5.72. The molecule has 0 amide bonds. The molecule has 0 bridgehead atoms. The fourth-order valence-corrected chi connectivity index (χ4v) is 4.91. The van der Waals surface area contributed by atoms with Crippen LogP contribution in [0.15, 0.2) is 48.6 Å². The molecular formula is C39H68NO7+. The molecule has 0 aliphatic heterocycles. The van der Waals surface area contributed by atoms with E-state index in [4.69, 9.17) is 14.2 Å². The molecule has 0 radical (unpaired) electrons. The Balaban J connectivity index is 4.55. The minimum Gasteiger partial charge on any atom is -0.477 e. The van der Waals surface area contributed by atoms with Gasteiger partial charge in [-0.15, -0.1) is 0 Å². The molecule has 2 unspecified atom stereocenters. The average Bonchev–Trinajstić information content (AvgIpc) is 3.01. The van der Waals surface area contributed by atoms with E-state index in [1.807, 2.05) is 27.2 Å². The van der Waals surface area contributed by atoms with E-state index in [1.165, 1.54) is 44.9 Å². The fraction of sp³-hybridized carbons (Fsp3) is 0.718. The maximum atomic E-state index is 12.6. The SMILES string of the molecule is CC/C=C/C/C=C/C/C=C/CC(=O)OCC(COCCC(C(=O)O)[N+](C)(C)C)OC(=O)CCCCC/C=C/CCCCCCCCC. The number of carbonyl (C=O) groups is 3. The lowest BCUT2D eigenvalue weighted by Crippen LogP contribution is -2.50. The molecule has 0 rings (SSSR count). The number of allylic oxidation sites excluding steroid dienone is 7. The van der Waals surface area contributed by atoms with Crippen LogP contribution in [0.3, 0.4) is 0 Å². The molecule has 0 aromatic carbocycles. The summed E-state index contributed by atoms with van der Waals surface area (Å²) in [5.74, 6) is -1.65. The van der Waals surface area contributed by atoms with Crippen molar-refractivity contribution in [2.45, 2.75) is 142 Å². The number of hydrogen-bond donors (Lipinski definition) is 1. The van der Waals surface area contributed by atoms with Gasteiger partial charge in [0.1, 0.15) is 6.61 Å². The predicted octanol–water partition coefficient (Wildman–Crippen LogP) is 8.90. The van der Waals surface area contributed by atoms with Crippen LogP contribution in [0.2, 0.25) is 0 Å². The second-order valence-electron chi connectivity index (χ2n) is 13.1. The Bertz CT molecular complexity index is 917. The molecule has 0 aliphatic rings. The molecule has 47 heavy (non-hydrogen) atoms. The third-order valence-corrected chi connectivity index (χ3v) is 7.75. The van der Waals surface area contributed by atoms with Crippen LogP contribution < -0.4 is 0 Å². The number of carbonyl (C=O) groups excluding carboxylic acids is 2. The summed E-state index contributed by atoms with van der Waals surface area (Å²) in [6.07, 6.45) is 33.4. The first-order chi connectivity index (χ1) is 22.6. The van der Waals surface area contributed by atoms with Crippen LogP contribution in [0, 0.1) is 0 Å². The maximum absolute atomic E-state index is 12.6. The molecule has 0 aromatic heterocycles. The molecule has 8 heteroatoms. The van der Waals surface area contributed by atoms with E-state index in [0.29, 0.717) is 12.8 Å². The molecule has 0 saturated carbocycles. The molecule has 0 spiro atoms. The number of aliphatic carboxylic acids is 1. The Hall–Kier alpha value is -2.71. The Morgan fingerprint density at radius 2 is 1.26 bits per heavy atom. The number of esters is 2. The van der Waals surface area contributed by atoms with Crippen molar-refractivity contribution in [1.29, 1.82) is 0 Å². The van der Waals surface area contributed by atoms with E-state index in [9.17, 15) is 19.5 Å². The van der Waals surface area contributed by atoms with Gasteiger partial charge in [-0.2, -0.15) is 0 Å². The predicted molar refractivity (Wildman–Crippen MR) is 192 cm³/mol. The lowest BCUT2D eigenvalue weighted by atomic mass is 10.1. The lowest BCUT2D eigenvalue weighted by molar-refractivity contribution is -0.887. The highest BCUT2D eigenvalue weighted by Crippen LogP contribution is 2.12. The van der Waals surface area contributed by atoms with Gasteiger partial charge in [0.2, 0.25) is 0 Å². The summed E-state index contributed by atoms with van der Waals surface area (Å²) in [6, 6.07) is -0.626. The van der Waals surface area contributed by atoms with Gasteiger partial charge in [-0.3, -0.25) is 9.59 Å². The number of rotatable bonds is 31. The van der Waals surface area contributed by atoms with Crippen molar-refractivity contribution in [3.8, 4) is 0 Å². The molecule has 270 valence electrons. The van der Waals surface area contributed by atoms with E-state index < -0.39 is 24.1 Å². The van der Waals surface area contributed by atoms with Crippen molar-refractivity contribution in [3.63, 3.8) is 0 Å². The van der Waals surface area contributed by atoms with Crippen molar-refractivity contribution in [1.82, 2.24) is 0 Å². The second kappa shape index (κ2) is 30.6. The molecule has 0 fully saturated rings. The molecule has 0 aliphatic carbocycles. The number of ether oxygens (including phenoxy) is 3. The van der Waals surface area contributed by atoms with Gasteiger partial charge >= 0.3 is 17.9 Å². The summed E-state index contributed by atoms with van der Waals surface area (Å²) in [4.78, 5) is 36.6. The largest absolute Gasteiger partial charge is 0.477 e. The Morgan fingerprint density at radius 1 is 0.681 bits per heavy atom. The topological polar surface area (TPSA) is 99.1 Å². The molecule has 1 N–H and O–H groups in total. The van der Waals surface area contributed by atoms with Crippen molar-refractivity contribution in [2.24, 2.45) is 0 Å². The number of hydrogen-bond acceptors (Lipinski definition) is 6. The summed E-state index contributed by atoms with van der Waals surface area (Å²) < 4.78 is 17.0. The van der Waals surface area contributed by atoms with E-state index >= 15 is 0 Å². The number of likely N-dealkylation sites (N-methyl/N-ethyl adjacent to an activating group) is 1. The molecule has 0 heterocycles. The molecule has 8 nitrogen and oxygen atoms in total. The maximum Gasteiger partial charge on any atom is 0.362 e. The van der Waals surface area contributed by atoms with Gasteiger partial charge in [-0.05, 0) is 51.4 Å². The summed E-state index contributed by atoms with van der Waals surface area (Å²) in [5, 5.41) is 9.56. The summed E-state index contributed by atoms with van der Waals surface area (Å²) in [6.45, 7) is 4.45. The molecule has 0 saturated heterocycles. The van der Waals surface area contributed by atoms with Crippen LogP contribution in [-0.4, -0.2) is 80.6 Å². The Labute approximate surface area is 286 Å². The van der Waals surface area contributed by atoms with E-state index in [0.717, 1.165) is 51.4 Å². The van der Waals surface area contributed by atoms with Crippen LogP contribution in [0.5, 0.6) is 0 Å². The first-order valence-electron chi connectivity index (χ1n) is 18.2. The van der Waals surface area contributed by atoms with Gasteiger partial charge in [-0.1, -0.05) is 107 Å². The average molecular weight is 663 g/mol. The smallest absolute Gasteiger partial charge is 0.362 e. The van der Waals surface area contributed by atoms with Gasteiger partial charge in [0.05, 0.1) is 40.8 Å². The van der Waals surface area contributed by atoms with Gasteiger partial charge < -0.3 is 23.8 Å². The Morgan fingerprint density at radius 3 is 1.85 bits per heavy atom. The summed E-state index contributed by atoms with van der Waals surface area (Å²) in [5.41, 5.74) is 0. The van der Waals surface area contributed by atoms with Gasteiger partial charge in [-0.25, -0.2) is 4.79 Å². The van der Waals surface area contributed by atoms with Crippen molar-refractivity contribution in [3.05, 3.63) is 48.6 Å². The van der Waals surface area contributed by atoms with Gasteiger partial charge in [0.25, 0.3) is 0 Å². The molecule has 0 aromatic rings. The van der Waals surface area contributed by atoms with Crippen molar-refractivity contribution >= 4 is 17.9 Å². The zero-order valence-corrected chi connectivity index (χ0v) is 30.5. The van der Waals surface area contributed by atoms with Gasteiger partial charge in [0.15, 0.2) is 12.1 Å². The quantitative estimate of drug-likeness (QED) is 0.0343. The first-order valence-corrected chi connectivity index (χ1v) is 18.2. The highest BCUT2D eigenvalue weighted by Gasteiger charge is 2.31. The Kier molecular flexibility index (Phi) is 28.8. The fourth-order valence-electron chi connectivity index (χ4n) is 4.91. The normalized spacial score (nSPS) is 13.6. The van der Waals surface area contributed by atoms with Crippen LogP contribution in [0.1, 0.15) is 129 Å². The van der Waals surface area contributed by atoms with Crippen LogP contribution >= 0.6 is 0 Å². The number of unbranched alkanes of at least 4 members (excludes halogenated alkanes) is 10. The van der Waals surface area contributed by atoms with Crippen LogP contribution in [0.25, 0.3) is 0 Å². The third kappa shape index (κ3) is 29.2. The minimum atomic E-state index is -0.890. The number of quaternary nitrogens is 1. The zero-order chi connectivity index (χ0) is 35.0.